The zero-order chi connectivity index (χ0) is 15.2. The van der Waals surface area contributed by atoms with Gasteiger partial charge < -0.3 is 10.1 Å². The summed E-state index contributed by atoms with van der Waals surface area (Å²) in [7, 11) is 0. The standard InChI is InChI=1S/C16H18BrClN2O/c1-11(2)19-9-15-14(18)7-8-16(20-15)21-10-12-5-3-4-6-13(12)17/h3-8,11,19H,9-10H2,1-2H3. The lowest BCUT2D eigenvalue weighted by Crippen LogP contribution is -2.22. The number of rotatable bonds is 6. The summed E-state index contributed by atoms with van der Waals surface area (Å²) in [6, 6.07) is 12.0. The quantitative estimate of drug-likeness (QED) is 0.809. The summed E-state index contributed by atoms with van der Waals surface area (Å²) in [5.41, 5.74) is 1.88. The highest BCUT2D eigenvalue weighted by atomic mass is 79.9. The molecule has 1 N–H and O–H groups in total. The van der Waals surface area contributed by atoms with Gasteiger partial charge in [0, 0.05) is 28.7 Å². The van der Waals surface area contributed by atoms with Gasteiger partial charge in [0.2, 0.25) is 5.88 Å². The molecule has 0 aliphatic rings. The minimum Gasteiger partial charge on any atom is -0.473 e. The highest BCUT2D eigenvalue weighted by Crippen LogP contribution is 2.21. The van der Waals surface area contributed by atoms with E-state index in [1.165, 1.54) is 0 Å². The lowest BCUT2D eigenvalue weighted by molar-refractivity contribution is 0.292. The number of nitrogens with one attached hydrogen (secondary N) is 1. The van der Waals surface area contributed by atoms with Crippen molar-refractivity contribution in [1.82, 2.24) is 10.3 Å². The lowest BCUT2D eigenvalue weighted by Gasteiger charge is -2.11. The van der Waals surface area contributed by atoms with E-state index in [1.54, 1.807) is 6.07 Å². The molecule has 0 saturated heterocycles. The molecule has 0 fully saturated rings. The fourth-order valence-electron chi connectivity index (χ4n) is 1.74. The number of nitrogens with zero attached hydrogens (tertiary/aromatic N) is 1. The molecule has 1 aromatic heterocycles. The third-order valence-corrected chi connectivity index (χ3v) is 4.02. The molecular weight excluding hydrogens is 352 g/mol. The fourth-order valence-corrected chi connectivity index (χ4v) is 2.31. The van der Waals surface area contributed by atoms with Crippen molar-refractivity contribution in [3.05, 3.63) is 57.2 Å². The van der Waals surface area contributed by atoms with Crippen molar-refractivity contribution in [2.45, 2.75) is 33.0 Å². The van der Waals surface area contributed by atoms with E-state index in [1.807, 2.05) is 30.3 Å². The van der Waals surface area contributed by atoms with Crippen molar-refractivity contribution < 1.29 is 4.74 Å². The summed E-state index contributed by atoms with van der Waals surface area (Å²) in [4.78, 5) is 4.46. The largest absolute Gasteiger partial charge is 0.473 e. The van der Waals surface area contributed by atoms with E-state index in [2.05, 4.69) is 40.1 Å². The monoisotopic (exact) mass is 368 g/mol. The SMILES string of the molecule is CC(C)NCc1nc(OCc2ccccc2Br)ccc1Cl. The first-order chi connectivity index (χ1) is 10.1. The highest BCUT2D eigenvalue weighted by molar-refractivity contribution is 9.10. The van der Waals surface area contributed by atoms with Gasteiger partial charge in [0.1, 0.15) is 6.61 Å². The maximum atomic E-state index is 6.16. The fraction of sp³-hybridized carbons (Fsp3) is 0.312. The summed E-state index contributed by atoms with van der Waals surface area (Å²) in [6.45, 7) is 5.26. The second-order valence-electron chi connectivity index (χ2n) is 4.99. The van der Waals surface area contributed by atoms with Gasteiger partial charge in [-0.1, -0.05) is 59.6 Å². The maximum absolute atomic E-state index is 6.16. The molecule has 112 valence electrons. The van der Waals surface area contributed by atoms with Crippen molar-refractivity contribution in [3.63, 3.8) is 0 Å². The van der Waals surface area contributed by atoms with Crippen LogP contribution < -0.4 is 10.1 Å². The lowest BCUT2D eigenvalue weighted by atomic mass is 10.2. The molecule has 1 aromatic carbocycles. The van der Waals surface area contributed by atoms with Crippen LogP contribution >= 0.6 is 27.5 Å². The first kappa shape index (κ1) is 16.3. The first-order valence-electron chi connectivity index (χ1n) is 6.81. The average Bonchev–Trinajstić information content (AvgIpc) is 2.46. The molecule has 0 saturated carbocycles. The molecule has 0 unspecified atom stereocenters. The van der Waals surface area contributed by atoms with Crippen LogP contribution in [0, 0.1) is 0 Å². The second kappa shape index (κ2) is 7.78. The number of hydrogen-bond donors (Lipinski definition) is 1. The number of aromatic nitrogens is 1. The number of pyridine rings is 1. The Morgan fingerprint density at radius 2 is 2.00 bits per heavy atom. The van der Waals surface area contributed by atoms with Crippen LogP contribution in [0.1, 0.15) is 25.1 Å². The molecular formula is C16H18BrClN2O. The van der Waals surface area contributed by atoms with Crippen LogP contribution in [-0.4, -0.2) is 11.0 Å². The number of benzene rings is 1. The number of hydrogen-bond acceptors (Lipinski definition) is 3. The molecule has 0 bridgehead atoms. The summed E-state index contributed by atoms with van der Waals surface area (Å²) in [6.07, 6.45) is 0. The van der Waals surface area contributed by atoms with E-state index in [4.69, 9.17) is 16.3 Å². The van der Waals surface area contributed by atoms with E-state index >= 15 is 0 Å². The smallest absolute Gasteiger partial charge is 0.213 e. The Morgan fingerprint density at radius 3 is 2.71 bits per heavy atom. The summed E-state index contributed by atoms with van der Waals surface area (Å²) in [5.74, 6) is 0.579. The minimum absolute atomic E-state index is 0.382. The van der Waals surface area contributed by atoms with Crippen LogP contribution in [0.3, 0.4) is 0 Å². The highest BCUT2D eigenvalue weighted by Gasteiger charge is 2.07. The summed E-state index contributed by atoms with van der Waals surface area (Å²) >= 11 is 9.66. The van der Waals surface area contributed by atoms with E-state index < -0.39 is 0 Å². The topological polar surface area (TPSA) is 34.2 Å². The Morgan fingerprint density at radius 1 is 1.24 bits per heavy atom. The Labute approximate surface area is 138 Å². The van der Waals surface area contributed by atoms with Gasteiger partial charge in [-0.25, -0.2) is 4.98 Å². The van der Waals surface area contributed by atoms with Crippen molar-refractivity contribution in [2.24, 2.45) is 0 Å². The van der Waals surface area contributed by atoms with Gasteiger partial charge in [-0.3, -0.25) is 0 Å². The van der Waals surface area contributed by atoms with Crippen LogP contribution in [0.15, 0.2) is 40.9 Å². The van der Waals surface area contributed by atoms with E-state index in [0.29, 0.717) is 30.1 Å². The van der Waals surface area contributed by atoms with Gasteiger partial charge in [-0.2, -0.15) is 0 Å². The summed E-state index contributed by atoms with van der Waals surface area (Å²) in [5, 5.41) is 3.95. The van der Waals surface area contributed by atoms with Crippen LogP contribution in [-0.2, 0) is 13.2 Å². The molecule has 0 aliphatic carbocycles. The molecule has 2 aromatic rings. The molecule has 1 heterocycles. The average molecular weight is 370 g/mol. The predicted octanol–water partition coefficient (Wildman–Crippen LogP) is 4.57. The van der Waals surface area contributed by atoms with Crippen LogP contribution in [0.5, 0.6) is 5.88 Å². The number of ether oxygens (including phenoxy) is 1. The minimum atomic E-state index is 0.382. The van der Waals surface area contributed by atoms with Gasteiger partial charge in [0.05, 0.1) is 10.7 Å². The maximum Gasteiger partial charge on any atom is 0.213 e. The molecule has 3 nitrogen and oxygen atoms in total. The molecule has 0 atom stereocenters. The van der Waals surface area contributed by atoms with Crippen LogP contribution in [0.2, 0.25) is 5.02 Å². The van der Waals surface area contributed by atoms with Crippen molar-refractivity contribution >= 4 is 27.5 Å². The normalized spacial score (nSPS) is 10.9. The van der Waals surface area contributed by atoms with Gasteiger partial charge in [0.15, 0.2) is 0 Å². The van der Waals surface area contributed by atoms with Crippen molar-refractivity contribution in [2.75, 3.05) is 0 Å². The van der Waals surface area contributed by atoms with Gasteiger partial charge in [-0.05, 0) is 12.1 Å². The Kier molecular flexibility index (Phi) is 6.03. The molecule has 5 heteroatoms. The molecule has 2 rings (SSSR count). The summed E-state index contributed by atoms with van der Waals surface area (Å²) < 4.78 is 6.78. The van der Waals surface area contributed by atoms with Gasteiger partial charge in [0.25, 0.3) is 0 Å². The Hall–Kier alpha value is -1.10. The third kappa shape index (κ3) is 4.99. The van der Waals surface area contributed by atoms with Crippen molar-refractivity contribution in [1.29, 1.82) is 0 Å². The number of halogens is 2. The predicted molar refractivity (Wildman–Crippen MR) is 89.7 cm³/mol. The van der Waals surface area contributed by atoms with Gasteiger partial charge in [-0.15, -0.1) is 0 Å². The third-order valence-electron chi connectivity index (χ3n) is 2.90. The molecule has 0 amide bonds. The molecule has 0 radical (unpaired) electrons. The zero-order valence-electron chi connectivity index (χ0n) is 12.1. The van der Waals surface area contributed by atoms with Crippen LogP contribution in [0.25, 0.3) is 0 Å². The van der Waals surface area contributed by atoms with Crippen molar-refractivity contribution in [3.8, 4) is 5.88 Å². The van der Waals surface area contributed by atoms with E-state index in [9.17, 15) is 0 Å². The first-order valence-corrected chi connectivity index (χ1v) is 7.98. The Bertz CT molecular complexity index is 605. The van der Waals surface area contributed by atoms with Gasteiger partial charge >= 0.3 is 0 Å². The molecule has 0 aliphatic heterocycles. The molecule has 0 spiro atoms. The molecule has 21 heavy (non-hydrogen) atoms. The second-order valence-corrected chi connectivity index (χ2v) is 6.26. The van der Waals surface area contributed by atoms with E-state index in [0.717, 1.165) is 15.7 Å². The van der Waals surface area contributed by atoms with Crippen LogP contribution in [0.4, 0.5) is 0 Å². The van der Waals surface area contributed by atoms with E-state index in [-0.39, 0.29) is 0 Å². The zero-order valence-corrected chi connectivity index (χ0v) is 14.4. The Balaban J connectivity index is 2.03.